The van der Waals surface area contributed by atoms with Crippen LogP contribution in [0.4, 0.5) is 4.39 Å². The first kappa shape index (κ1) is 14.3. The summed E-state index contributed by atoms with van der Waals surface area (Å²) in [5.41, 5.74) is 0.640. The average Bonchev–Trinajstić information content (AvgIpc) is 2.45. The highest BCUT2D eigenvalue weighted by atomic mass is 19.1. The molecule has 1 N–H and O–H groups in total. The van der Waals surface area contributed by atoms with Crippen LogP contribution < -0.4 is 10.1 Å². The van der Waals surface area contributed by atoms with Crippen molar-refractivity contribution in [1.29, 1.82) is 0 Å². The van der Waals surface area contributed by atoms with Crippen molar-refractivity contribution in [1.82, 2.24) is 5.32 Å². The van der Waals surface area contributed by atoms with Gasteiger partial charge in [0.2, 0.25) is 0 Å². The third-order valence-electron chi connectivity index (χ3n) is 4.08. The van der Waals surface area contributed by atoms with Gasteiger partial charge in [-0.1, -0.05) is 25.3 Å². The Balaban J connectivity index is 2.04. The fraction of sp³-hybridized carbons (Fsp3) is 0.625. The second-order valence-corrected chi connectivity index (χ2v) is 5.48. The molecule has 0 aromatic heterocycles. The third kappa shape index (κ3) is 3.69. The van der Waals surface area contributed by atoms with Gasteiger partial charge in [-0.3, -0.25) is 0 Å². The zero-order chi connectivity index (χ0) is 13.7. The zero-order valence-electron chi connectivity index (χ0n) is 11.9. The number of hydrogen-bond donors (Lipinski definition) is 1. The van der Waals surface area contributed by atoms with Crippen LogP contribution >= 0.6 is 0 Å². The Morgan fingerprint density at radius 3 is 2.74 bits per heavy atom. The van der Waals surface area contributed by atoms with Crippen molar-refractivity contribution in [2.24, 2.45) is 5.92 Å². The topological polar surface area (TPSA) is 21.3 Å². The van der Waals surface area contributed by atoms with Crippen molar-refractivity contribution in [2.45, 2.75) is 45.1 Å². The van der Waals surface area contributed by atoms with Gasteiger partial charge in [-0.2, -0.15) is 0 Å². The highest BCUT2D eigenvalue weighted by Crippen LogP contribution is 2.30. The van der Waals surface area contributed by atoms with Gasteiger partial charge in [0.15, 0.2) is 0 Å². The van der Waals surface area contributed by atoms with E-state index in [1.807, 2.05) is 20.0 Å². The van der Waals surface area contributed by atoms with Gasteiger partial charge in [-0.25, -0.2) is 4.39 Å². The molecule has 0 radical (unpaired) electrons. The molecule has 1 aliphatic rings. The molecule has 0 amide bonds. The molecule has 0 aliphatic heterocycles. The SMILES string of the molecule is CNC(C)c1c(F)cccc1OCC1CCCCC1. The van der Waals surface area contributed by atoms with Gasteiger partial charge in [0.25, 0.3) is 0 Å². The molecule has 1 aromatic rings. The van der Waals surface area contributed by atoms with E-state index in [1.165, 1.54) is 38.2 Å². The van der Waals surface area contributed by atoms with Crippen molar-refractivity contribution in [2.75, 3.05) is 13.7 Å². The first-order valence-corrected chi connectivity index (χ1v) is 7.31. The molecule has 3 heteroatoms. The Morgan fingerprint density at radius 2 is 2.05 bits per heavy atom. The van der Waals surface area contributed by atoms with Crippen molar-refractivity contribution in [3.63, 3.8) is 0 Å². The summed E-state index contributed by atoms with van der Waals surface area (Å²) >= 11 is 0. The summed E-state index contributed by atoms with van der Waals surface area (Å²) < 4.78 is 19.8. The molecule has 1 fully saturated rings. The smallest absolute Gasteiger partial charge is 0.131 e. The van der Waals surface area contributed by atoms with Crippen molar-refractivity contribution >= 4 is 0 Å². The van der Waals surface area contributed by atoms with Gasteiger partial charge < -0.3 is 10.1 Å². The van der Waals surface area contributed by atoms with Gasteiger partial charge in [0.05, 0.1) is 6.61 Å². The lowest BCUT2D eigenvalue weighted by Crippen LogP contribution is -2.19. The van der Waals surface area contributed by atoms with E-state index in [2.05, 4.69) is 5.32 Å². The number of hydrogen-bond acceptors (Lipinski definition) is 2. The van der Waals surface area contributed by atoms with Crippen LogP contribution in [-0.4, -0.2) is 13.7 Å². The first-order valence-electron chi connectivity index (χ1n) is 7.31. The Bertz CT molecular complexity index is 402. The third-order valence-corrected chi connectivity index (χ3v) is 4.08. The van der Waals surface area contributed by atoms with Gasteiger partial charge >= 0.3 is 0 Å². The molecule has 1 atom stereocenters. The largest absolute Gasteiger partial charge is 0.493 e. The van der Waals surface area contributed by atoms with E-state index < -0.39 is 0 Å². The first-order chi connectivity index (χ1) is 9.22. The molecule has 1 aromatic carbocycles. The second-order valence-electron chi connectivity index (χ2n) is 5.48. The molecule has 0 bridgehead atoms. The van der Waals surface area contributed by atoms with E-state index in [-0.39, 0.29) is 11.9 Å². The minimum atomic E-state index is -0.192. The van der Waals surface area contributed by atoms with E-state index >= 15 is 0 Å². The van der Waals surface area contributed by atoms with Gasteiger partial charge in [-0.05, 0) is 44.9 Å². The highest BCUT2D eigenvalue weighted by Gasteiger charge is 2.18. The summed E-state index contributed by atoms with van der Waals surface area (Å²) in [5.74, 6) is 1.13. The predicted molar refractivity (Wildman–Crippen MR) is 75.9 cm³/mol. The quantitative estimate of drug-likeness (QED) is 0.866. The van der Waals surface area contributed by atoms with Gasteiger partial charge in [0, 0.05) is 11.6 Å². The lowest BCUT2D eigenvalue weighted by atomic mass is 9.90. The van der Waals surface area contributed by atoms with Crippen molar-refractivity contribution in [3.8, 4) is 5.75 Å². The summed E-state index contributed by atoms with van der Waals surface area (Å²) in [6, 6.07) is 5.05. The lowest BCUT2D eigenvalue weighted by molar-refractivity contribution is 0.205. The zero-order valence-corrected chi connectivity index (χ0v) is 11.9. The molecule has 0 heterocycles. The molecule has 19 heavy (non-hydrogen) atoms. The number of benzene rings is 1. The van der Waals surface area contributed by atoms with Crippen LogP contribution in [0.15, 0.2) is 18.2 Å². The van der Waals surface area contributed by atoms with Crippen LogP contribution in [0.1, 0.15) is 50.6 Å². The normalized spacial score (nSPS) is 18.3. The Morgan fingerprint density at radius 1 is 1.32 bits per heavy atom. The Labute approximate surface area is 115 Å². The second kappa shape index (κ2) is 6.90. The van der Waals surface area contributed by atoms with Crippen LogP contribution in [0.3, 0.4) is 0 Å². The molecule has 0 spiro atoms. The molecule has 1 aliphatic carbocycles. The van der Waals surface area contributed by atoms with Crippen molar-refractivity contribution in [3.05, 3.63) is 29.6 Å². The molecule has 106 valence electrons. The summed E-state index contributed by atoms with van der Waals surface area (Å²) in [7, 11) is 1.84. The minimum Gasteiger partial charge on any atom is -0.493 e. The standard InChI is InChI=1S/C16H24FNO/c1-12(18-2)16-14(17)9-6-10-15(16)19-11-13-7-4-3-5-8-13/h6,9-10,12-13,18H,3-5,7-8,11H2,1-2H3. The number of rotatable bonds is 5. The maximum atomic E-state index is 13.9. The molecule has 2 nitrogen and oxygen atoms in total. The maximum Gasteiger partial charge on any atom is 0.131 e. The van der Waals surface area contributed by atoms with Gasteiger partial charge in [-0.15, -0.1) is 0 Å². The molecular formula is C16H24FNO. The van der Waals surface area contributed by atoms with Gasteiger partial charge in [0.1, 0.15) is 11.6 Å². The van der Waals surface area contributed by atoms with E-state index in [9.17, 15) is 4.39 Å². The van der Waals surface area contributed by atoms with Crippen LogP contribution in [0.25, 0.3) is 0 Å². The fourth-order valence-electron chi connectivity index (χ4n) is 2.77. The number of nitrogens with one attached hydrogen (secondary N) is 1. The van der Waals surface area contributed by atoms with Crippen LogP contribution in [-0.2, 0) is 0 Å². The summed E-state index contributed by atoms with van der Waals surface area (Å²) in [4.78, 5) is 0. The minimum absolute atomic E-state index is 0.0393. The summed E-state index contributed by atoms with van der Waals surface area (Å²) in [6.07, 6.45) is 6.44. The lowest BCUT2D eigenvalue weighted by Gasteiger charge is -2.23. The number of ether oxygens (including phenoxy) is 1. The van der Waals surface area contributed by atoms with E-state index in [1.54, 1.807) is 6.07 Å². The van der Waals surface area contributed by atoms with Crippen molar-refractivity contribution < 1.29 is 9.13 Å². The van der Waals surface area contributed by atoms with Crippen LogP contribution in [0.2, 0.25) is 0 Å². The molecular weight excluding hydrogens is 241 g/mol. The molecule has 1 saturated carbocycles. The van der Waals surface area contributed by atoms with Crippen LogP contribution in [0, 0.1) is 11.7 Å². The summed E-state index contributed by atoms with van der Waals surface area (Å²) in [5, 5.41) is 3.08. The number of halogens is 1. The average molecular weight is 265 g/mol. The van der Waals surface area contributed by atoms with Crippen LogP contribution in [0.5, 0.6) is 5.75 Å². The summed E-state index contributed by atoms with van der Waals surface area (Å²) in [6.45, 7) is 2.67. The Hall–Kier alpha value is -1.09. The molecule has 2 rings (SSSR count). The fourth-order valence-corrected chi connectivity index (χ4v) is 2.77. The van der Waals surface area contributed by atoms with E-state index in [0.717, 1.165) is 0 Å². The maximum absolute atomic E-state index is 13.9. The Kier molecular flexibility index (Phi) is 5.20. The highest BCUT2D eigenvalue weighted by molar-refractivity contribution is 5.37. The molecule has 0 saturated heterocycles. The van der Waals surface area contributed by atoms with E-state index in [0.29, 0.717) is 23.8 Å². The monoisotopic (exact) mass is 265 g/mol. The van der Waals surface area contributed by atoms with E-state index in [4.69, 9.17) is 4.74 Å². The molecule has 1 unspecified atom stereocenters. The predicted octanol–water partition coefficient (Wildman–Crippen LogP) is 4.07.